The maximum absolute atomic E-state index is 5.27. The molecule has 0 amide bonds. The zero-order chi connectivity index (χ0) is 5.98. The van der Waals surface area contributed by atoms with Crippen LogP contribution in [0, 0.1) is 13.3 Å². The maximum atomic E-state index is 5.27. The third-order valence-electron chi connectivity index (χ3n) is 1.78. The summed E-state index contributed by atoms with van der Waals surface area (Å²) in [6.07, 6.45) is 5.24. The average molecular weight is 175 g/mol. The molecule has 1 fully saturated rings. The molecule has 1 saturated carbocycles. The van der Waals surface area contributed by atoms with Crippen molar-refractivity contribution in [3.05, 3.63) is 7.43 Å². The van der Waals surface area contributed by atoms with E-state index in [4.69, 9.17) is 15.6 Å². The van der Waals surface area contributed by atoms with Crippen molar-refractivity contribution in [3.8, 4) is 0 Å². The summed E-state index contributed by atoms with van der Waals surface area (Å²) in [5.74, 6) is 0.726. The standard InChI is InChI=1S/C7H12.CH3.Cu/c1-7-5-3-2-4-6-7;;/h7H,2-5H2,1H3;1H3;/q;-1;. The van der Waals surface area contributed by atoms with Crippen molar-refractivity contribution >= 4 is 4.42 Å². The molecule has 0 bridgehead atoms. The van der Waals surface area contributed by atoms with Gasteiger partial charge in [0.25, 0.3) is 0 Å². The minimum absolute atomic E-state index is 0. The van der Waals surface area contributed by atoms with Crippen molar-refractivity contribution in [2.45, 2.75) is 32.6 Å². The van der Waals surface area contributed by atoms with Gasteiger partial charge in [0.1, 0.15) is 0 Å². The Balaban J connectivity index is 0.000000640. The largest absolute Gasteiger partial charge is 0.358 e. The first-order valence-electron chi connectivity index (χ1n) is 3.28. The molecule has 1 atom stereocenters. The molecule has 59 valence electrons. The molecule has 0 aromatic rings. The van der Waals surface area contributed by atoms with E-state index >= 15 is 0 Å². The molecule has 0 N–H and O–H groups in total. The van der Waals surface area contributed by atoms with Crippen molar-refractivity contribution in [2.75, 3.05) is 0 Å². The van der Waals surface area contributed by atoms with E-state index in [2.05, 4.69) is 6.92 Å². The summed E-state index contributed by atoms with van der Waals surface area (Å²) in [6.45, 7) is 2.23. The summed E-state index contributed by atoms with van der Waals surface area (Å²) < 4.78 is 1.28. The van der Waals surface area contributed by atoms with Crippen molar-refractivity contribution < 1.29 is 15.6 Å². The predicted octanol–water partition coefficient (Wildman–Crippen LogP) is 2.37. The van der Waals surface area contributed by atoms with Crippen LogP contribution in [0.4, 0.5) is 0 Å². The molecule has 9 heavy (non-hydrogen) atoms. The Kier molecular flexibility index (Phi) is 4.43. The summed E-state index contributed by atoms with van der Waals surface area (Å²) >= 11 is 5.27. The maximum Gasteiger partial charge on any atom is -0.358 e. The van der Waals surface area contributed by atoms with Crippen LogP contribution in [0.5, 0.6) is 0 Å². The fraction of sp³-hybridized carbons (Fsp3) is 0.750. The second-order valence-electron chi connectivity index (χ2n) is 2.54. The molecule has 0 saturated heterocycles. The molecule has 0 spiro atoms. The average Bonchev–Trinajstić information content (AvgIpc) is 1.77. The summed E-state index contributed by atoms with van der Waals surface area (Å²) in [5, 5.41) is 0. The Morgan fingerprint density at radius 2 is 2.11 bits per heavy atom. The Morgan fingerprint density at radius 3 is 2.44 bits per heavy atom. The van der Waals surface area contributed by atoms with Crippen LogP contribution in [0.1, 0.15) is 32.6 Å². The van der Waals surface area contributed by atoms with Gasteiger partial charge in [-0.05, 0) is 0 Å². The number of rotatable bonds is 0. The van der Waals surface area contributed by atoms with Crippen LogP contribution in [0.15, 0.2) is 0 Å². The van der Waals surface area contributed by atoms with Gasteiger partial charge in [-0.25, -0.2) is 0 Å². The molecule has 1 aliphatic rings. The van der Waals surface area contributed by atoms with E-state index < -0.39 is 0 Å². The third kappa shape index (κ3) is 2.64. The molecule has 1 rings (SSSR count). The second kappa shape index (κ2) is 4.24. The van der Waals surface area contributed by atoms with E-state index in [0.717, 1.165) is 5.92 Å². The van der Waals surface area contributed by atoms with Crippen LogP contribution in [0.3, 0.4) is 0 Å². The van der Waals surface area contributed by atoms with Crippen molar-refractivity contribution in [1.82, 2.24) is 0 Å². The molecule has 0 radical (unpaired) electrons. The number of hydrogen-bond acceptors (Lipinski definition) is 0. The molecule has 0 aromatic carbocycles. The summed E-state index contributed by atoms with van der Waals surface area (Å²) in [6, 6.07) is 0. The van der Waals surface area contributed by atoms with E-state index in [0.29, 0.717) is 0 Å². The molecule has 0 nitrogen and oxygen atoms in total. The van der Waals surface area contributed by atoms with E-state index in [-0.39, 0.29) is 7.43 Å². The second-order valence-corrected chi connectivity index (χ2v) is 3.15. The normalized spacial score (nSPS) is 27.4. The van der Waals surface area contributed by atoms with Gasteiger partial charge in [-0.15, -0.1) is 0 Å². The minimum atomic E-state index is 0. The summed E-state index contributed by atoms with van der Waals surface area (Å²) in [5.41, 5.74) is 0. The van der Waals surface area contributed by atoms with Crippen molar-refractivity contribution in [3.63, 3.8) is 0 Å². The van der Waals surface area contributed by atoms with Gasteiger partial charge in [0.05, 0.1) is 0 Å². The quantitative estimate of drug-likeness (QED) is 0.391. The van der Waals surface area contributed by atoms with Gasteiger partial charge in [0.2, 0.25) is 0 Å². The van der Waals surface area contributed by atoms with E-state index in [1.54, 1.807) is 0 Å². The van der Waals surface area contributed by atoms with Crippen LogP contribution in [-0.4, -0.2) is 4.42 Å². The van der Waals surface area contributed by atoms with Gasteiger partial charge in [0.15, 0.2) is 0 Å². The zero-order valence-corrected chi connectivity index (χ0v) is 7.15. The van der Waals surface area contributed by atoms with E-state index in [9.17, 15) is 0 Å². The van der Waals surface area contributed by atoms with Crippen LogP contribution < -0.4 is 0 Å². The zero-order valence-electron chi connectivity index (χ0n) is 6.21. The van der Waals surface area contributed by atoms with Crippen LogP contribution in [0.2, 0.25) is 0 Å². The van der Waals surface area contributed by atoms with Crippen molar-refractivity contribution in [2.24, 2.45) is 5.92 Å². The minimum Gasteiger partial charge on any atom is -0.358 e. The molecule has 0 aromatic heterocycles. The first kappa shape index (κ1) is 9.39. The SMILES string of the molecule is CC1CCCC[C]1=[Cu].[CH3-]. The molecule has 0 aliphatic heterocycles. The first-order valence-corrected chi connectivity index (χ1v) is 3.75. The summed E-state index contributed by atoms with van der Waals surface area (Å²) in [4.78, 5) is 0. The first-order chi connectivity index (χ1) is 3.80. The Labute approximate surface area is 66.4 Å². The van der Waals surface area contributed by atoms with Crippen molar-refractivity contribution in [1.29, 1.82) is 0 Å². The van der Waals surface area contributed by atoms with Gasteiger partial charge < -0.3 is 7.43 Å². The van der Waals surface area contributed by atoms with Gasteiger partial charge in [-0.3, -0.25) is 0 Å². The monoisotopic (exact) mass is 174 g/mol. The van der Waals surface area contributed by atoms with Crippen LogP contribution in [-0.2, 0) is 15.6 Å². The van der Waals surface area contributed by atoms with Gasteiger partial charge in [-0.1, -0.05) is 0 Å². The fourth-order valence-electron chi connectivity index (χ4n) is 1.12. The van der Waals surface area contributed by atoms with Crippen LogP contribution in [0.25, 0.3) is 0 Å². The van der Waals surface area contributed by atoms with E-state index in [1.807, 2.05) is 0 Å². The van der Waals surface area contributed by atoms with Gasteiger partial charge in [-0.2, -0.15) is 0 Å². The smallest absolute Gasteiger partial charge is 0.358 e. The summed E-state index contributed by atoms with van der Waals surface area (Å²) in [7, 11) is 0. The predicted molar refractivity (Wildman–Crippen MR) is 39.1 cm³/mol. The third-order valence-corrected chi connectivity index (χ3v) is 2.48. The molecule has 1 heteroatoms. The van der Waals surface area contributed by atoms with E-state index in [1.165, 1.54) is 30.1 Å². The van der Waals surface area contributed by atoms with Gasteiger partial charge >= 0.3 is 58.5 Å². The molecular formula is C8H15Cu-. The fourth-order valence-corrected chi connectivity index (χ4v) is 1.43. The van der Waals surface area contributed by atoms with Gasteiger partial charge in [0, 0.05) is 0 Å². The Hall–Kier alpha value is 0.389. The topological polar surface area (TPSA) is 0 Å². The molecule has 1 aliphatic carbocycles. The van der Waals surface area contributed by atoms with Crippen LogP contribution >= 0.6 is 0 Å². The Morgan fingerprint density at radius 1 is 1.44 bits per heavy atom. The Bertz CT molecular complexity index is 96.7. The molecule has 0 heterocycles. The molecule has 1 unspecified atom stereocenters. The number of hydrogen-bond donors (Lipinski definition) is 0. The molecular weight excluding hydrogens is 160 g/mol.